The molecule has 0 saturated carbocycles. The number of nitro groups is 1. The Labute approximate surface area is 120 Å². The zero-order chi connectivity index (χ0) is 14.2. The van der Waals surface area contributed by atoms with Gasteiger partial charge in [-0.1, -0.05) is 49.2 Å². The molecule has 0 aliphatic heterocycles. The number of halogens is 2. The highest BCUT2D eigenvalue weighted by molar-refractivity contribution is 6.40. The molecule has 0 unspecified atom stereocenters. The molecular formula is C13H12Cl2N2O2. The zero-order valence-corrected chi connectivity index (χ0v) is 12.0. The second-order valence-electron chi connectivity index (χ2n) is 4.71. The maximum Gasteiger partial charge on any atom is 0.309 e. The van der Waals surface area contributed by atoms with Gasteiger partial charge >= 0.3 is 5.69 Å². The SMILES string of the molecule is CC(C)Cc1nc2c(Cl)cccc2c(Cl)c1[N+](=O)[O-]. The maximum atomic E-state index is 11.2. The largest absolute Gasteiger partial charge is 0.309 e. The average Bonchev–Trinajstić information content (AvgIpc) is 2.29. The van der Waals surface area contributed by atoms with Crippen LogP contribution in [0.3, 0.4) is 0 Å². The van der Waals surface area contributed by atoms with Crippen molar-refractivity contribution in [1.82, 2.24) is 4.98 Å². The molecule has 0 amide bonds. The fraction of sp³-hybridized carbons (Fsp3) is 0.308. The zero-order valence-electron chi connectivity index (χ0n) is 10.5. The smallest absolute Gasteiger partial charge is 0.258 e. The number of benzene rings is 1. The van der Waals surface area contributed by atoms with Gasteiger partial charge in [-0.2, -0.15) is 0 Å². The van der Waals surface area contributed by atoms with Gasteiger partial charge in [-0.3, -0.25) is 10.1 Å². The van der Waals surface area contributed by atoms with Crippen LogP contribution in [0.15, 0.2) is 18.2 Å². The molecule has 0 radical (unpaired) electrons. The molecule has 2 rings (SSSR count). The van der Waals surface area contributed by atoms with Gasteiger partial charge < -0.3 is 0 Å². The molecule has 0 aliphatic carbocycles. The number of para-hydroxylation sites is 1. The highest BCUT2D eigenvalue weighted by atomic mass is 35.5. The number of pyridine rings is 1. The van der Waals surface area contributed by atoms with E-state index in [2.05, 4.69) is 4.98 Å². The van der Waals surface area contributed by atoms with Gasteiger partial charge in [0, 0.05) is 5.39 Å². The molecule has 0 N–H and O–H groups in total. The molecule has 0 spiro atoms. The molecule has 19 heavy (non-hydrogen) atoms. The van der Waals surface area contributed by atoms with Crippen LogP contribution in [0, 0.1) is 16.0 Å². The minimum atomic E-state index is -0.479. The average molecular weight is 299 g/mol. The Balaban J connectivity index is 2.81. The monoisotopic (exact) mass is 298 g/mol. The van der Waals surface area contributed by atoms with Gasteiger partial charge in [0.25, 0.3) is 0 Å². The minimum absolute atomic E-state index is 0.105. The number of rotatable bonds is 3. The van der Waals surface area contributed by atoms with Crippen LogP contribution in [-0.4, -0.2) is 9.91 Å². The topological polar surface area (TPSA) is 56.0 Å². The number of fused-ring (bicyclic) bond motifs is 1. The van der Waals surface area contributed by atoms with E-state index in [1.165, 1.54) is 0 Å². The van der Waals surface area contributed by atoms with Crippen molar-refractivity contribution < 1.29 is 4.92 Å². The standard InChI is InChI=1S/C13H12Cl2N2O2/c1-7(2)6-10-13(17(18)19)11(15)8-4-3-5-9(14)12(8)16-10/h3-5,7H,6H2,1-2H3. The molecule has 2 aromatic rings. The molecule has 0 fully saturated rings. The van der Waals surface area contributed by atoms with E-state index in [1.54, 1.807) is 18.2 Å². The van der Waals surface area contributed by atoms with E-state index in [1.807, 2.05) is 13.8 Å². The van der Waals surface area contributed by atoms with E-state index in [4.69, 9.17) is 23.2 Å². The highest BCUT2D eigenvalue weighted by Crippen LogP contribution is 2.37. The van der Waals surface area contributed by atoms with Gasteiger partial charge in [0.1, 0.15) is 10.7 Å². The lowest BCUT2D eigenvalue weighted by molar-refractivity contribution is -0.385. The van der Waals surface area contributed by atoms with Crippen LogP contribution >= 0.6 is 23.2 Å². The molecule has 4 nitrogen and oxygen atoms in total. The van der Waals surface area contributed by atoms with Crippen molar-refractivity contribution in [3.8, 4) is 0 Å². The predicted octanol–water partition coefficient (Wildman–Crippen LogP) is 4.65. The second-order valence-corrected chi connectivity index (χ2v) is 5.50. The summed E-state index contributed by atoms with van der Waals surface area (Å²) in [6, 6.07) is 5.07. The van der Waals surface area contributed by atoms with Crippen molar-refractivity contribution in [2.24, 2.45) is 5.92 Å². The lowest BCUT2D eigenvalue weighted by Gasteiger charge is -2.09. The predicted molar refractivity (Wildman–Crippen MR) is 77.0 cm³/mol. The molecule has 6 heteroatoms. The summed E-state index contributed by atoms with van der Waals surface area (Å²) in [5.74, 6) is 0.238. The molecular weight excluding hydrogens is 287 g/mol. The van der Waals surface area contributed by atoms with Crippen molar-refractivity contribution in [2.45, 2.75) is 20.3 Å². The third kappa shape index (κ3) is 2.65. The molecule has 0 saturated heterocycles. The first-order valence-electron chi connectivity index (χ1n) is 5.82. The van der Waals surface area contributed by atoms with Crippen molar-refractivity contribution in [3.05, 3.63) is 44.1 Å². The quantitative estimate of drug-likeness (QED) is 0.612. The normalized spacial score (nSPS) is 11.2. The maximum absolute atomic E-state index is 11.2. The summed E-state index contributed by atoms with van der Waals surface area (Å²) in [7, 11) is 0. The van der Waals surface area contributed by atoms with Crippen LogP contribution in [0.5, 0.6) is 0 Å². The van der Waals surface area contributed by atoms with Crippen LogP contribution < -0.4 is 0 Å². The fourth-order valence-corrected chi connectivity index (χ4v) is 2.51. The van der Waals surface area contributed by atoms with E-state index in [9.17, 15) is 10.1 Å². The van der Waals surface area contributed by atoms with E-state index in [-0.39, 0.29) is 16.6 Å². The Morgan fingerprint density at radius 1 is 1.37 bits per heavy atom. The van der Waals surface area contributed by atoms with Crippen LogP contribution in [0.25, 0.3) is 10.9 Å². The Kier molecular flexibility index (Phi) is 3.92. The van der Waals surface area contributed by atoms with Crippen LogP contribution in [-0.2, 0) is 6.42 Å². The summed E-state index contributed by atoms with van der Waals surface area (Å²) in [5, 5.41) is 12.3. The Morgan fingerprint density at radius 2 is 2.05 bits per heavy atom. The summed E-state index contributed by atoms with van der Waals surface area (Å²) in [5.41, 5.74) is 0.770. The van der Waals surface area contributed by atoms with Crippen molar-refractivity contribution in [1.29, 1.82) is 0 Å². The van der Waals surface area contributed by atoms with Gasteiger partial charge in [0.05, 0.1) is 15.5 Å². The lowest BCUT2D eigenvalue weighted by atomic mass is 10.0. The van der Waals surface area contributed by atoms with Crippen LogP contribution in [0.4, 0.5) is 5.69 Å². The summed E-state index contributed by atoms with van der Waals surface area (Å²) in [6.45, 7) is 3.94. The number of hydrogen-bond acceptors (Lipinski definition) is 3. The summed E-state index contributed by atoms with van der Waals surface area (Å²) < 4.78 is 0. The van der Waals surface area contributed by atoms with Crippen molar-refractivity contribution in [2.75, 3.05) is 0 Å². The van der Waals surface area contributed by atoms with Crippen molar-refractivity contribution >= 4 is 39.8 Å². The van der Waals surface area contributed by atoms with E-state index < -0.39 is 4.92 Å². The van der Waals surface area contributed by atoms with Gasteiger partial charge in [-0.05, 0) is 18.4 Å². The van der Waals surface area contributed by atoms with Crippen LogP contribution in [0.1, 0.15) is 19.5 Å². The number of hydrogen-bond donors (Lipinski definition) is 0. The van der Waals surface area contributed by atoms with E-state index in [0.717, 1.165) is 0 Å². The first kappa shape index (κ1) is 14.0. The number of aromatic nitrogens is 1. The molecule has 100 valence electrons. The Morgan fingerprint density at radius 3 is 2.63 bits per heavy atom. The second kappa shape index (κ2) is 5.31. The van der Waals surface area contributed by atoms with Gasteiger partial charge in [-0.15, -0.1) is 0 Å². The Bertz CT molecular complexity index is 657. The van der Waals surface area contributed by atoms with Crippen LogP contribution in [0.2, 0.25) is 10.0 Å². The first-order valence-corrected chi connectivity index (χ1v) is 6.58. The van der Waals surface area contributed by atoms with E-state index >= 15 is 0 Å². The highest BCUT2D eigenvalue weighted by Gasteiger charge is 2.24. The minimum Gasteiger partial charge on any atom is -0.258 e. The molecule has 1 aromatic carbocycles. The molecule has 1 aromatic heterocycles. The third-order valence-corrected chi connectivity index (χ3v) is 3.42. The van der Waals surface area contributed by atoms with Gasteiger partial charge in [0.15, 0.2) is 0 Å². The van der Waals surface area contributed by atoms with E-state index in [0.29, 0.717) is 28.0 Å². The number of nitrogens with zero attached hydrogens (tertiary/aromatic N) is 2. The summed E-state index contributed by atoms with van der Waals surface area (Å²) in [4.78, 5) is 15.1. The molecule has 0 aliphatic rings. The fourth-order valence-electron chi connectivity index (χ4n) is 1.96. The Hall–Kier alpha value is -1.39. The molecule has 1 heterocycles. The molecule has 0 bridgehead atoms. The lowest BCUT2D eigenvalue weighted by Crippen LogP contribution is -2.04. The summed E-state index contributed by atoms with van der Waals surface area (Å²) in [6.07, 6.45) is 0.483. The first-order chi connectivity index (χ1) is 8.91. The van der Waals surface area contributed by atoms with Gasteiger partial charge in [-0.25, -0.2) is 4.98 Å². The summed E-state index contributed by atoms with van der Waals surface area (Å²) >= 11 is 12.2. The van der Waals surface area contributed by atoms with Gasteiger partial charge in [0.2, 0.25) is 0 Å². The molecule has 0 atom stereocenters. The third-order valence-electron chi connectivity index (χ3n) is 2.74. The van der Waals surface area contributed by atoms with Crippen molar-refractivity contribution in [3.63, 3.8) is 0 Å².